The Hall–Kier alpha value is -0.690. The lowest BCUT2D eigenvalue weighted by Crippen LogP contribution is -2.34. The van der Waals surface area contributed by atoms with E-state index < -0.39 is 24.6 Å². The van der Waals surface area contributed by atoms with Gasteiger partial charge >= 0.3 is 0 Å². The van der Waals surface area contributed by atoms with Crippen LogP contribution in [0.1, 0.15) is 6.42 Å². The van der Waals surface area contributed by atoms with E-state index in [1.165, 1.54) is 7.05 Å². The zero-order chi connectivity index (χ0) is 10.0. The third-order valence-electron chi connectivity index (χ3n) is 2.00. The van der Waals surface area contributed by atoms with Crippen LogP contribution in [0.5, 0.6) is 0 Å². The van der Waals surface area contributed by atoms with Crippen LogP contribution < -0.4 is 5.32 Å². The first-order valence-electron chi connectivity index (χ1n) is 3.96. The molecule has 0 aromatic rings. The summed E-state index contributed by atoms with van der Waals surface area (Å²) >= 11 is 0. The molecule has 0 spiro atoms. The molecule has 6 nitrogen and oxygen atoms in total. The number of hydrogen-bond donors (Lipinski definition) is 4. The lowest BCUT2D eigenvalue weighted by atomic mass is 10.1. The average Bonchev–Trinajstić information content (AvgIpc) is 2.34. The Morgan fingerprint density at radius 3 is 2.38 bits per heavy atom. The fraction of sp³-hybridized carbons (Fsp3) is 0.857. The number of ether oxygens (including phenoxy) is 1. The van der Waals surface area contributed by atoms with Crippen LogP contribution in [0.15, 0.2) is 0 Å². The van der Waals surface area contributed by atoms with Crippen LogP contribution in [0.4, 0.5) is 0 Å². The van der Waals surface area contributed by atoms with Gasteiger partial charge in [-0.25, -0.2) is 0 Å². The van der Waals surface area contributed by atoms with Crippen molar-refractivity contribution in [3.05, 3.63) is 0 Å². The largest absolute Gasteiger partial charge is 0.387 e. The van der Waals surface area contributed by atoms with Crippen molar-refractivity contribution in [3.8, 4) is 0 Å². The summed E-state index contributed by atoms with van der Waals surface area (Å²) in [5, 5.41) is 29.6. The van der Waals surface area contributed by atoms with Crippen molar-refractivity contribution in [1.29, 1.82) is 0 Å². The van der Waals surface area contributed by atoms with Crippen LogP contribution in [0.2, 0.25) is 0 Å². The molecule has 1 fully saturated rings. The van der Waals surface area contributed by atoms with Crippen LogP contribution in [0, 0.1) is 0 Å². The third kappa shape index (κ3) is 2.16. The highest BCUT2D eigenvalue weighted by Gasteiger charge is 2.42. The molecule has 4 atom stereocenters. The molecule has 76 valence electrons. The minimum absolute atomic E-state index is 0.0776. The molecule has 1 heterocycles. The van der Waals surface area contributed by atoms with E-state index in [0.29, 0.717) is 0 Å². The summed E-state index contributed by atoms with van der Waals surface area (Å²) in [6.45, 7) is 0. The van der Waals surface area contributed by atoms with E-state index in [4.69, 9.17) is 14.9 Å². The topological polar surface area (TPSA) is 99.0 Å². The Bertz CT molecular complexity index is 197. The first-order valence-corrected chi connectivity index (χ1v) is 3.96. The van der Waals surface area contributed by atoms with Crippen LogP contribution in [0.3, 0.4) is 0 Å². The fourth-order valence-corrected chi connectivity index (χ4v) is 1.18. The average molecular weight is 191 g/mol. The molecule has 1 aliphatic rings. The van der Waals surface area contributed by atoms with E-state index in [-0.39, 0.29) is 12.3 Å². The lowest BCUT2D eigenvalue weighted by molar-refractivity contribution is -0.137. The molecular formula is C7H13NO5. The summed E-state index contributed by atoms with van der Waals surface area (Å²) < 4.78 is 4.75. The number of hydrogen-bond acceptors (Lipinski definition) is 5. The molecule has 0 bridgehead atoms. The van der Waals surface area contributed by atoms with Crippen molar-refractivity contribution >= 4 is 5.91 Å². The summed E-state index contributed by atoms with van der Waals surface area (Å²) in [6.07, 6.45) is -4.89. The summed E-state index contributed by atoms with van der Waals surface area (Å²) in [4.78, 5) is 10.9. The molecule has 0 radical (unpaired) electrons. The molecule has 0 aromatic heterocycles. The minimum Gasteiger partial charge on any atom is -0.387 e. The van der Waals surface area contributed by atoms with E-state index in [2.05, 4.69) is 5.32 Å². The summed E-state index contributed by atoms with van der Waals surface area (Å²) in [5.41, 5.74) is 0. The lowest BCUT2D eigenvalue weighted by Gasteiger charge is -2.12. The summed E-state index contributed by atoms with van der Waals surface area (Å²) in [6, 6.07) is 0. The Labute approximate surface area is 75.1 Å². The number of amides is 1. The zero-order valence-corrected chi connectivity index (χ0v) is 7.17. The molecule has 0 aliphatic carbocycles. The predicted molar refractivity (Wildman–Crippen MR) is 41.6 cm³/mol. The fourth-order valence-electron chi connectivity index (χ4n) is 1.18. The third-order valence-corrected chi connectivity index (χ3v) is 2.00. The van der Waals surface area contributed by atoms with Gasteiger partial charge < -0.3 is 25.4 Å². The van der Waals surface area contributed by atoms with Crippen molar-refractivity contribution in [2.75, 3.05) is 7.05 Å². The zero-order valence-electron chi connectivity index (χ0n) is 7.17. The van der Waals surface area contributed by atoms with Gasteiger partial charge in [0, 0.05) is 7.05 Å². The molecule has 13 heavy (non-hydrogen) atoms. The maximum atomic E-state index is 10.9. The van der Waals surface area contributed by atoms with Crippen molar-refractivity contribution in [2.24, 2.45) is 0 Å². The molecule has 1 saturated heterocycles. The predicted octanol–water partition coefficient (Wildman–Crippen LogP) is -2.44. The number of nitrogens with one attached hydrogen (secondary N) is 1. The molecular weight excluding hydrogens is 178 g/mol. The van der Waals surface area contributed by atoms with Gasteiger partial charge in [-0.05, 0) is 0 Å². The molecule has 0 saturated carbocycles. The molecule has 0 aromatic carbocycles. The second-order valence-electron chi connectivity index (χ2n) is 2.92. The standard InChI is InChI=1S/C7H13NO5/c1-8-4(9)2-3-5(10)6(11)7(12)13-3/h3,5-7,10-12H,2H2,1H3,(H,8,9)/t3-,5-,6-,7?/m1/s1. The highest BCUT2D eigenvalue weighted by Crippen LogP contribution is 2.21. The SMILES string of the molecule is CNC(=O)C[C@H]1OC(O)[C@H](O)[C@@H]1O. The normalized spacial score (nSPS) is 39.1. The number of carbonyl (C=O) groups is 1. The summed E-state index contributed by atoms with van der Waals surface area (Å²) in [5.74, 6) is -0.314. The van der Waals surface area contributed by atoms with Crippen molar-refractivity contribution < 1.29 is 24.9 Å². The van der Waals surface area contributed by atoms with Crippen LogP contribution in [-0.2, 0) is 9.53 Å². The number of aliphatic hydroxyl groups excluding tert-OH is 3. The Balaban J connectivity index is 2.49. The van der Waals surface area contributed by atoms with Crippen LogP contribution >= 0.6 is 0 Å². The van der Waals surface area contributed by atoms with Gasteiger partial charge in [-0.1, -0.05) is 0 Å². The molecule has 1 rings (SSSR count). The number of aliphatic hydroxyl groups is 3. The summed E-state index contributed by atoms with van der Waals surface area (Å²) in [7, 11) is 1.45. The van der Waals surface area contributed by atoms with Gasteiger partial charge in [0.1, 0.15) is 12.2 Å². The maximum absolute atomic E-state index is 10.9. The Morgan fingerprint density at radius 1 is 1.38 bits per heavy atom. The van der Waals surface area contributed by atoms with Crippen LogP contribution in [0.25, 0.3) is 0 Å². The van der Waals surface area contributed by atoms with Gasteiger partial charge in [-0.3, -0.25) is 4.79 Å². The monoisotopic (exact) mass is 191 g/mol. The maximum Gasteiger partial charge on any atom is 0.222 e. The van der Waals surface area contributed by atoms with Gasteiger partial charge in [0.25, 0.3) is 0 Å². The van der Waals surface area contributed by atoms with Gasteiger partial charge in [0.2, 0.25) is 5.91 Å². The first-order chi connectivity index (χ1) is 6.06. The first kappa shape index (κ1) is 10.4. The second kappa shape index (κ2) is 4.01. The molecule has 1 aliphatic heterocycles. The van der Waals surface area contributed by atoms with E-state index in [1.54, 1.807) is 0 Å². The van der Waals surface area contributed by atoms with Crippen molar-refractivity contribution in [2.45, 2.75) is 31.0 Å². The van der Waals surface area contributed by atoms with E-state index >= 15 is 0 Å². The van der Waals surface area contributed by atoms with E-state index in [0.717, 1.165) is 0 Å². The molecule has 4 N–H and O–H groups in total. The van der Waals surface area contributed by atoms with Crippen molar-refractivity contribution in [3.63, 3.8) is 0 Å². The molecule has 6 heteroatoms. The smallest absolute Gasteiger partial charge is 0.222 e. The highest BCUT2D eigenvalue weighted by molar-refractivity contribution is 5.76. The van der Waals surface area contributed by atoms with Gasteiger partial charge in [0.15, 0.2) is 6.29 Å². The Morgan fingerprint density at radius 2 is 2.00 bits per heavy atom. The van der Waals surface area contributed by atoms with Gasteiger partial charge in [0.05, 0.1) is 12.5 Å². The number of rotatable bonds is 2. The van der Waals surface area contributed by atoms with Crippen molar-refractivity contribution in [1.82, 2.24) is 5.32 Å². The highest BCUT2D eigenvalue weighted by atomic mass is 16.6. The van der Waals surface area contributed by atoms with Crippen LogP contribution in [-0.4, -0.2) is 52.9 Å². The minimum atomic E-state index is -1.41. The molecule has 1 amide bonds. The molecule has 1 unspecified atom stereocenters. The number of carbonyl (C=O) groups excluding carboxylic acids is 1. The Kier molecular flexibility index (Phi) is 3.21. The van der Waals surface area contributed by atoms with Gasteiger partial charge in [-0.2, -0.15) is 0 Å². The quantitative estimate of drug-likeness (QED) is 0.388. The van der Waals surface area contributed by atoms with Gasteiger partial charge in [-0.15, -0.1) is 0 Å². The van der Waals surface area contributed by atoms with E-state index in [9.17, 15) is 9.90 Å². The van der Waals surface area contributed by atoms with E-state index in [1.807, 2.05) is 0 Å². The second-order valence-corrected chi connectivity index (χ2v) is 2.92.